The predicted molar refractivity (Wildman–Crippen MR) is 93.5 cm³/mol. The van der Waals surface area contributed by atoms with E-state index in [9.17, 15) is 4.79 Å². The highest BCUT2D eigenvalue weighted by Crippen LogP contribution is 2.30. The Labute approximate surface area is 138 Å². The zero-order valence-corrected chi connectivity index (χ0v) is 12.9. The molecule has 2 aromatic carbocycles. The van der Waals surface area contributed by atoms with Crippen molar-refractivity contribution in [2.75, 3.05) is 11.1 Å². The summed E-state index contributed by atoms with van der Waals surface area (Å²) in [6, 6.07) is 18.5. The SMILES string of the molecule is Nc1ncccc1C(=O)Nc1ccc(-c2ccccc2)c(Cl)c1. The smallest absolute Gasteiger partial charge is 0.259 e. The standard InChI is InChI=1S/C18H14ClN3O/c19-16-11-13(8-9-14(16)12-5-2-1-3-6-12)22-18(23)15-7-4-10-21-17(15)20/h1-11H,(H2,20,21)(H,22,23). The van der Waals surface area contributed by atoms with E-state index in [-0.39, 0.29) is 11.7 Å². The predicted octanol–water partition coefficient (Wildman–Crippen LogP) is 4.24. The monoisotopic (exact) mass is 323 g/mol. The number of carbonyl (C=O) groups is 1. The second-order valence-electron chi connectivity index (χ2n) is 4.95. The van der Waals surface area contributed by atoms with Gasteiger partial charge in [-0.1, -0.05) is 48.0 Å². The van der Waals surface area contributed by atoms with Crippen LogP contribution in [-0.4, -0.2) is 10.9 Å². The molecule has 3 N–H and O–H groups in total. The van der Waals surface area contributed by atoms with E-state index in [2.05, 4.69) is 10.3 Å². The maximum Gasteiger partial charge on any atom is 0.259 e. The first-order valence-electron chi connectivity index (χ1n) is 7.02. The van der Waals surface area contributed by atoms with Crippen LogP contribution in [0.1, 0.15) is 10.4 Å². The van der Waals surface area contributed by atoms with E-state index in [0.717, 1.165) is 11.1 Å². The summed E-state index contributed by atoms with van der Waals surface area (Å²) in [6.07, 6.45) is 1.54. The van der Waals surface area contributed by atoms with Crippen LogP contribution in [0.5, 0.6) is 0 Å². The topological polar surface area (TPSA) is 68.0 Å². The van der Waals surface area contributed by atoms with Crippen molar-refractivity contribution in [2.24, 2.45) is 0 Å². The number of amides is 1. The lowest BCUT2D eigenvalue weighted by atomic mass is 10.1. The molecule has 0 saturated carbocycles. The first-order valence-corrected chi connectivity index (χ1v) is 7.40. The van der Waals surface area contributed by atoms with E-state index in [1.807, 2.05) is 36.4 Å². The zero-order chi connectivity index (χ0) is 16.2. The van der Waals surface area contributed by atoms with E-state index < -0.39 is 0 Å². The molecule has 0 spiro atoms. The molecule has 5 heteroatoms. The Kier molecular flexibility index (Phi) is 4.26. The van der Waals surface area contributed by atoms with E-state index in [1.54, 1.807) is 24.3 Å². The molecule has 0 unspecified atom stereocenters. The van der Waals surface area contributed by atoms with Crippen molar-refractivity contribution in [2.45, 2.75) is 0 Å². The summed E-state index contributed by atoms with van der Waals surface area (Å²) in [7, 11) is 0. The summed E-state index contributed by atoms with van der Waals surface area (Å²) in [5, 5.41) is 3.34. The molecule has 0 aliphatic rings. The number of hydrogen-bond acceptors (Lipinski definition) is 3. The van der Waals surface area contributed by atoms with Gasteiger partial charge in [0.1, 0.15) is 5.82 Å². The highest BCUT2D eigenvalue weighted by atomic mass is 35.5. The molecule has 0 bridgehead atoms. The van der Waals surface area contributed by atoms with Crippen LogP contribution in [0.4, 0.5) is 11.5 Å². The van der Waals surface area contributed by atoms with Gasteiger partial charge < -0.3 is 11.1 Å². The van der Waals surface area contributed by atoms with Crippen LogP contribution in [0.3, 0.4) is 0 Å². The lowest BCUT2D eigenvalue weighted by Gasteiger charge is -2.10. The van der Waals surface area contributed by atoms with Crippen LogP contribution in [-0.2, 0) is 0 Å². The van der Waals surface area contributed by atoms with Gasteiger partial charge in [0.25, 0.3) is 5.91 Å². The minimum absolute atomic E-state index is 0.192. The Morgan fingerprint density at radius 1 is 1.04 bits per heavy atom. The highest BCUT2D eigenvalue weighted by molar-refractivity contribution is 6.33. The van der Waals surface area contributed by atoms with Crippen molar-refractivity contribution in [3.63, 3.8) is 0 Å². The van der Waals surface area contributed by atoms with Gasteiger partial charge in [-0.3, -0.25) is 4.79 Å². The van der Waals surface area contributed by atoms with Gasteiger partial charge in [-0.25, -0.2) is 4.98 Å². The van der Waals surface area contributed by atoms with E-state index in [4.69, 9.17) is 17.3 Å². The van der Waals surface area contributed by atoms with Crippen molar-refractivity contribution < 1.29 is 4.79 Å². The molecule has 0 aliphatic heterocycles. The van der Waals surface area contributed by atoms with Gasteiger partial charge in [-0.05, 0) is 29.8 Å². The zero-order valence-electron chi connectivity index (χ0n) is 12.2. The number of nitrogens with zero attached hydrogens (tertiary/aromatic N) is 1. The van der Waals surface area contributed by atoms with Gasteiger partial charge >= 0.3 is 0 Å². The number of benzene rings is 2. The number of aromatic nitrogens is 1. The molecule has 23 heavy (non-hydrogen) atoms. The summed E-state index contributed by atoms with van der Waals surface area (Å²) in [5.41, 5.74) is 8.57. The molecule has 0 aliphatic carbocycles. The van der Waals surface area contributed by atoms with Gasteiger partial charge in [0, 0.05) is 17.4 Å². The van der Waals surface area contributed by atoms with E-state index in [1.165, 1.54) is 6.20 Å². The normalized spacial score (nSPS) is 10.3. The fraction of sp³-hybridized carbons (Fsp3) is 0. The van der Waals surface area contributed by atoms with Crippen LogP contribution in [0.2, 0.25) is 5.02 Å². The van der Waals surface area contributed by atoms with Crippen molar-refractivity contribution in [3.8, 4) is 11.1 Å². The molecule has 0 fully saturated rings. The summed E-state index contributed by atoms with van der Waals surface area (Å²) in [6.45, 7) is 0. The van der Waals surface area contributed by atoms with E-state index >= 15 is 0 Å². The number of nitrogens with one attached hydrogen (secondary N) is 1. The van der Waals surface area contributed by atoms with Crippen molar-refractivity contribution in [1.29, 1.82) is 0 Å². The highest BCUT2D eigenvalue weighted by Gasteiger charge is 2.11. The van der Waals surface area contributed by atoms with Crippen LogP contribution in [0, 0.1) is 0 Å². The van der Waals surface area contributed by atoms with Gasteiger partial charge in [0.2, 0.25) is 0 Å². The number of anilines is 2. The number of halogens is 1. The minimum Gasteiger partial charge on any atom is -0.383 e. The summed E-state index contributed by atoms with van der Waals surface area (Å²) in [4.78, 5) is 16.1. The van der Waals surface area contributed by atoms with Gasteiger partial charge in [-0.15, -0.1) is 0 Å². The molecule has 0 radical (unpaired) electrons. The Hall–Kier alpha value is -2.85. The average molecular weight is 324 g/mol. The molecule has 1 amide bonds. The number of nitrogens with two attached hydrogens (primary N) is 1. The van der Waals surface area contributed by atoms with Crippen LogP contribution in [0.25, 0.3) is 11.1 Å². The first-order chi connectivity index (χ1) is 11.1. The molecule has 114 valence electrons. The van der Waals surface area contributed by atoms with Crippen LogP contribution < -0.4 is 11.1 Å². The second kappa shape index (κ2) is 6.50. The molecule has 3 rings (SSSR count). The molecule has 0 saturated heterocycles. The average Bonchev–Trinajstić information content (AvgIpc) is 2.56. The maximum atomic E-state index is 12.2. The quantitative estimate of drug-likeness (QED) is 0.757. The van der Waals surface area contributed by atoms with Crippen molar-refractivity contribution >= 4 is 29.0 Å². The largest absolute Gasteiger partial charge is 0.383 e. The van der Waals surface area contributed by atoms with Gasteiger partial charge in [-0.2, -0.15) is 0 Å². The summed E-state index contributed by atoms with van der Waals surface area (Å²) < 4.78 is 0. The van der Waals surface area contributed by atoms with Crippen molar-refractivity contribution in [1.82, 2.24) is 4.98 Å². The van der Waals surface area contributed by atoms with Crippen molar-refractivity contribution in [3.05, 3.63) is 77.4 Å². The third kappa shape index (κ3) is 3.33. The van der Waals surface area contributed by atoms with Crippen LogP contribution >= 0.6 is 11.6 Å². The van der Waals surface area contributed by atoms with Gasteiger partial charge in [0.15, 0.2) is 0 Å². The number of hydrogen-bond donors (Lipinski definition) is 2. The van der Waals surface area contributed by atoms with Crippen LogP contribution in [0.15, 0.2) is 66.9 Å². The first kappa shape index (κ1) is 15.1. The lowest BCUT2D eigenvalue weighted by molar-refractivity contribution is 0.102. The molecule has 1 heterocycles. The summed E-state index contributed by atoms with van der Waals surface area (Å²) >= 11 is 6.34. The third-order valence-electron chi connectivity index (χ3n) is 3.39. The molecule has 3 aromatic rings. The molecule has 1 aromatic heterocycles. The number of nitrogen functional groups attached to an aromatic ring is 1. The number of carbonyl (C=O) groups excluding carboxylic acids is 1. The second-order valence-corrected chi connectivity index (χ2v) is 5.36. The Balaban J connectivity index is 1.84. The molecule has 4 nitrogen and oxygen atoms in total. The Morgan fingerprint density at radius 3 is 2.52 bits per heavy atom. The lowest BCUT2D eigenvalue weighted by Crippen LogP contribution is -2.14. The Bertz CT molecular complexity index is 850. The maximum absolute atomic E-state index is 12.2. The Morgan fingerprint density at radius 2 is 1.83 bits per heavy atom. The molecule has 0 atom stereocenters. The number of rotatable bonds is 3. The van der Waals surface area contributed by atoms with Gasteiger partial charge in [0.05, 0.1) is 10.6 Å². The number of pyridine rings is 1. The fourth-order valence-corrected chi connectivity index (χ4v) is 2.54. The minimum atomic E-state index is -0.320. The summed E-state index contributed by atoms with van der Waals surface area (Å²) in [5.74, 6) is -0.129. The third-order valence-corrected chi connectivity index (χ3v) is 3.71. The molecular weight excluding hydrogens is 310 g/mol. The fourth-order valence-electron chi connectivity index (χ4n) is 2.25. The van der Waals surface area contributed by atoms with E-state index in [0.29, 0.717) is 16.3 Å². The molecular formula is C18H14ClN3O.